The van der Waals surface area contributed by atoms with Crippen molar-refractivity contribution in [1.29, 1.82) is 0 Å². The van der Waals surface area contributed by atoms with Crippen molar-refractivity contribution < 1.29 is 0 Å². The molecule has 0 bridgehead atoms. The zero-order chi connectivity index (χ0) is 38.2. The number of hydrogen-bond donors (Lipinski definition) is 2. The lowest BCUT2D eigenvalue weighted by atomic mass is 9.70. The Kier molecular flexibility index (Phi) is 7.31. The monoisotopic (exact) mass is 742 g/mol. The molecule has 58 heavy (non-hydrogen) atoms. The summed E-state index contributed by atoms with van der Waals surface area (Å²) in [6.07, 6.45) is 1.92. The van der Waals surface area contributed by atoms with Gasteiger partial charge in [-0.25, -0.2) is 4.99 Å². The summed E-state index contributed by atoms with van der Waals surface area (Å²) in [5.41, 5.74) is 18.0. The Morgan fingerprint density at radius 2 is 1.02 bits per heavy atom. The number of fused-ring (bicyclic) bond motifs is 11. The molecule has 9 aromatic rings. The van der Waals surface area contributed by atoms with Gasteiger partial charge in [-0.1, -0.05) is 182 Å². The summed E-state index contributed by atoms with van der Waals surface area (Å²) in [5.74, 6) is 0.881. The molecule has 0 radical (unpaired) electrons. The summed E-state index contributed by atoms with van der Waals surface area (Å²) in [5, 5.41) is 8.83. The summed E-state index contributed by atoms with van der Waals surface area (Å²) in [6, 6.07) is 72.9. The number of nitrogens with zero attached hydrogens (tertiary/aromatic N) is 2. The average Bonchev–Trinajstić information content (AvgIpc) is 3.94. The van der Waals surface area contributed by atoms with E-state index >= 15 is 0 Å². The van der Waals surface area contributed by atoms with Crippen molar-refractivity contribution in [3.05, 3.63) is 245 Å². The smallest absolute Gasteiger partial charge is 0.131 e. The molecule has 2 N–H and O–H groups in total. The van der Waals surface area contributed by atoms with Gasteiger partial charge in [-0.15, -0.1) is 0 Å². The molecule has 274 valence electrons. The number of amidine groups is 1. The maximum absolute atomic E-state index is 5.38. The molecule has 2 atom stereocenters. The molecule has 8 aromatic carbocycles. The second-order valence-corrected chi connectivity index (χ2v) is 15.6. The van der Waals surface area contributed by atoms with Crippen LogP contribution in [0.3, 0.4) is 0 Å². The molecular weight excluding hydrogens is 705 g/mol. The van der Waals surface area contributed by atoms with E-state index in [1.165, 1.54) is 72.1 Å². The molecule has 2 aliphatic carbocycles. The van der Waals surface area contributed by atoms with Gasteiger partial charge in [0.2, 0.25) is 0 Å². The number of para-hydroxylation sites is 1. The van der Waals surface area contributed by atoms with Crippen molar-refractivity contribution in [2.45, 2.75) is 17.7 Å². The lowest BCUT2D eigenvalue weighted by molar-refractivity contribution is 0.408. The molecular formula is C54H38N4. The van der Waals surface area contributed by atoms with Gasteiger partial charge in [0, 0.05) is 28.4 Å². The lowest BCUT2D eigenvalue weighted by Gasteiger charge is -2.34. The highest BCUT2D eigenvalue weighted by Gasteiger charge is 2.52. The molecule has 0 fully saturated rings. The van der Waals surface area contributed by atoms with Gasteiger partial charge in [0.1, 0.15) is 18.2 Å². The van der Waals surface area contributed by atoms with E-state index in [1.807, 2.05) is 0 Å². The molecule has 1 aromatic heterocycles. The van der Waals surface area contributed by atoms with Crippen molar-refractivity contribution in [1.82, 2.24) is 15.2 Å². The lowest BCUT2D eigenvalue weighted by Crippen LogP contribution is -2.45. The number of aromatic nitrogens is 1. The molecule has 12 rings (SSSR count). The maximum Gasteiger partial charge on any atom is 0.131 e. The molecule has 1 spiro atoms. The van der Waals surface area contributed by atoms with Crippen LogP contribution in [0.4, 0.5) is 0 Å². The number of hydrogen-bond acceptors (Lipinski definition) is 3. The third-order valence-corrected chi connectivity index (χ3v) is 12.5. The van der Waals surface area contributed by atoms with E-state index in [9.17, 15) is 0 Å². The Balaban J connectivity index is 1.08. The van der Waals surface area contributed by atoms with Crippen LogP contribution in [0.5, 0.6) is 0 Å². The van der Waals surface area contributed by atoms with Gasteiger partial charge in [0.05, 0.1) is 10.9 Å². The first-order valence-corrected chi connectivity index (χ1v) is 20.1. The van der Waals surface area contributed by atoms with E-state index < -0.39 is 5.41 Å². The van der Waals surface area contributed by atoms with Gasteiger partial charge in [-0.05, 0) is 79.4 Å². The number of rotatable bonds is 5. The molecule has 2 heterocycles. The Morgan fingerprint density at radius 1 is 0.448 bits per heavy atom. The zero-order valence-electron chi connectivity index (χ0n) is 31.7. The molecule has 0 saturated heterocycles. The van der Waals surface area contributed by atoms with Crippen LogP contribution in [-0.4, -0.2) is 10.4 Å². The van der Waals surface area contributed by atoms with Gasteiger partial charge in [0.25, 0.3) is 0 Å². The van der Waals surface area contributed by atoms with E-state index in [1.54, 1.807) is 0 Å². The van der Waals surface area contributed by atoms with Gasteiger partial charge in [-0.3, -0.25) is 5.32 Å². The first-order valence-electron chi connectivity index (χ1n) is 20.1. The fourth-order valence-electron chi connectivity index (χ4n) is 10.00. The van der Waals surface area contributed by atoms with E-state index in [4.69, 9.17) is 4.99 Å². The normalized spacial score (nSPS) is 16.9. The van der Waals surface area contributed by atoms with Crippen molar-refractivity contribution in [3.63, 3.8) is 0 Å². The molecule has 0 saturated carbocycles. The van der Waals surface area contributed by atoms with Gasteiger partial charge < -0.3 is 9.88 Å². The third-order valence-electron chi connectivity index (χ3n) is 12.5. The van der Waals surface area contributed by atoms with Crippen LogP contribution < -0.4 is 10.6 Å². The Hall–Kier alpha value is -7.27. The highest BCUT2D eigenvalue weighted by atomic mass is 15.3. The minimum absolute atomic E-state index is 0.119. The van der Waals surface area contributed by atoms with E-state index in [0.29, 0.717) is 0 Å². The molecule has 4 heteroatoms. The van der Waals surface area contributed by atoms with Crippen LogP contribution in [0, 0.1) is 0 Å². The number of benzene rings is 8. The Bertz CT molecular complexity index is 3030. The first kappa shape index (κ1) is 32.9. The fraction of sp³-hybridized carbons (Fsp3) is 0.0556. The van der Waals surface area contributed by atoms with Gasteiger partial charge >= 0.3 is 0 Å². The van der Waals surface area contributed by atoms with Crippen molar-refractivity contribution in [2.75, 3.05) is 0 Å². The predicted molar refractivity (Wildman–Crippen MR) is 236 cm³/mol. The van der Waals surface area contributed by atoms with Crippen LogP contribution in [-0.2, 0) is 5.41 Å². The van der Waals surface area contributed by atoms with E-state index in [0.717, 1.165) is 22.6 Å². The second kappa shape index (κ2) is 12.9. The van der Waals surface area contributed by atoms with Crippen LogP contribution in [0.25, 0.3) is 50.0 Å². The molecule has 2 unspecified atom stereocenters. The standard InChI is InChI=1S/C54H38N4/c1-4-16-35(17-5-1)45-34-58(50-27-15-12-24-44(45)50)39-29-31-43-42-30-28-38(53-56-51(36-18-6-2-7-19-36)55-52(57-53)37-20-8-3-9-21-37)32-48(42)54(49(43)33-39)46-25-13-10-22-40(46)41-23-11-14-26-47(41)54/h1-34,51,53,56H,(H,55,57). The predicted octanol–water partition coefficient (Wildman–Crippen LogP) is 12.0. The molecule has 4 nitrogen and oxygen atoms in total. The van der Waals surface area contributed by atoms with E-state index in [2.05, 4.69) is 222 Å². The second-order valence-electron chi connectivity index (χ2n) is 15.6. The fourth-order valence-corrected chi connectivity index (χ4v) is 10.00. The van der Waals surface area contributed by atoms with Crippen LogP contribution in [0.2, 0.25) is 0 Å². The highest BCUT2D eigenvalue weighted by Crippen LogP contribution is 2.63. The largest absolute Gasteiger partial charge is 0.350 e. The summed E-state index contributed by atoms with van der Waals surface area (Å²) < 4.78 is 2.38. The minimum Gasteiger partial charge on any atom is -0.350 e. The summed E-state index contributed by atoms with van der Waals surface area (Å²) >= 11 is 0. The summed E-state index contributed by atoms with van der Waals surface area (Å²) in [6.45, 7) is 0. The van der Waals surface area contributed by atoms with Crippen molar-refractivity contribution in [3.8, 4) is 39.1 Å². The van der Waals surface area contributed by atoms with Crippen LogP contribution >= 0.6 is 0 Å². The average molecular weight is 743 g/mol. The van der Waals surface area contributed by atoms with Crippen molar-refractivity contribution >= 4 is 16.7 Å². The summed E-state index contributed by atoms with van der Waals surface area (Å²) in [4.78, 5) is 5.38. The third kappa shape index (κ3) is 4.82. The van der Waals surface area contributed by atoms with Crippen LogP contribution in [0.15, 0.2) is 211 Å². The SMILES string of the molecule is c1ccc(C2=NC(c3ccc4c(c3)C3(c5ccccc5-c5ccccc53)c3cc(-n5cc(-c6ccccc6)c6ccccc65)ccc3-4)NC(c3ccccc3)N2)cc1. The molecule has 3 aliphatic rings. The minimum atomic E-state index is -0.521. The number of aliphatic imine (C=N–C) groups is 1. The topological polar surface area (TPSA) is 41.4 Å². The first-order chi connectivity index (χ1) is 28.8. The molecule has 0 amide bonds. The zero-order valence-corrected chi connectivity index (χ0v) is 31.7. The maximum atomic E-state index is 5.38. The highest BCUT2D eigenvalue weighted by molar-refractivity contribution is 6.00. The van der Waals surface area contributed by atoms with Gasteiger partial charge in [0.15, 0.2) is 0 Å². The summed E-state index contributed by atoms with van der Waals surface area (Å²) in [7, 11) is 0. The number of nitrogens with one attached hydrogen (secondary N) is 2. The van der Waals surface area contributed by atoms with Gasteiger partial charge in [-0.2, -0.15) is 0 Å². The Morgan fingerprint density at radius 3 is 1.74 bits per heavy atom. The van der Waals surface area contributed by atoms with Crippen LogP contribution in [0.1, 0.15) is 51.3 Å². The Labute approximate surface area is 337 Å². The molecule has 1 aliphatic heterocycles. The quantitative estimate of drug-likeness (QED) is 0.184. The van der Waals surface area contributed by atoms with Crippen molar-refractivity contribution in [2.24, 2.45) is 4.99 Å². The van der Waals surface area contributed by atoms with E-state index in [-0.39, 0.29) is 12.3 Å².